The molecular weight excluding hydrogens is 498 g/mol. The molecule has 12 nitrogen and oxygen atoms in total. The molecule has 0 saturated carbocycles. The van der Waals surface area contributed by atoms with Crippen LogP contribution in [-0.2, 0) is 25.6 Å². The Morgan fingerprint density at radius 3 is 2.16 bits per heavy atom. The second kappa shape index (κ2) is 16.4. The predicted octanol–water partition coefficient (Wildman–Crippen LogP) is -0.875. The quantitative estimate of drug-likeness (QED) is 0.0572. The first-order valence-electron chi connectivity index (χ1n) is 12.1. The van der Waals surface area contributed by atoms with Crippen LogP contribution in [0.3, 0.4) is 0 Å². The number of hydrogen-bond donors (Lipinski definition) is 8. The van der Waals surface area contributed by atoms with Crippen LogP contribution in [0, 0.1) is 5.92 Å². The normalized spacial score (nSPS) is 14.8. The molecule has 0 aliphatic rings. The molecule has 37 heavy (non-hydrogen) atoms. The summed E-state index contributed by atoms with van der Waals surface area (Å²) in [6.07, 6.45) is 1.23. The molecule has 5 atom stereocenters. The van der Waals surface area contributed by atoms with Crippen molar-refractivity contribution in [1.29, 1.82) is 0 Å². The van der Waals surface area contributed by atoms with Crippen LogP contribution in [0.5, 0.6) is 0 Å². The van der Waals surface area contributed by atoms with Crippen molar-refractivity contribution in [1.82, 2.24) is 16.0 Å². The van der Waals surface area contributed by atoms with E-state index in [9.17, 15) is 24.3 Å². The smallest absolute Gasteiger partial charge is 0.326 e. The molecule has 13 heteroatoms. The van der Waals surface area contributed by atoms with Crippen LogP contribution in [0.15, 0.2) is 35.3 Å². The van der Waals surface area contributed by atoms with Crippen LogP contribution in [0.4, 0.5) is 0 Å². The number of nitrogens with one attached hydrogen (secondary N) is 3. The monoisotopic (exact) mass is 537 g/mol. The number of carbonyl (C=O) groups excluding carboxylic acids is 3. The van der Waals surface area contributed by atoms with Crippen molar-refractivity contribution < 1.29 is 24.3 Å². The maximum Gasteiger partial charge on any atom is 0.326 e. The van der Waals surface area contributed by atoms with E-state index in [1.807, 2.05) is 37.3 Å². The van der Waals surface area contributed by atoms with Gasteiger partial charge in [-0.15, -0.1) is 0 Å². The minimum Gasteiger partial charge on any atom is -0.480 e. The Balaban J connectivity index is 2.83. The SMILES string of the molecule is CCC(C)C(NC(=O)C(CS)NC(=O)C(N)Cc1ccccc1)C(=O)NC(CCCN=C(N)N)C(=O)O. The van der Waals surface area contributed by atoms with Gasteiger partial charge >= 0.3 is 5.97 Å². The molecule has 0 aromatic heterocycles. The van der Waals surface area contributed by atoms with Crippen LogP contribution in [-0.4, -0.2) is 71.2 Å². The molecule has 0 aliphatic carbocycles. The molecule has 5 unspecified atom stereocenters. The van der Waals surface area contributed by atoms with Crippen molar-refractivity contribution in [3.8, 4) is 0 Å². The number of hydrogen-bond acceptors (Lipinski definition) is 7. The van der Waals surface area contributed by atoms with Crippen LogP contribution < -0.4 is 33.2 Å². The average molecular weight is 538 g/mol. The van der Waals surface area contributed by atoms with Gasteiger partial charge in [0.25, 0.3) is 0 Å². The molecular formula is C24H39N7O5S. The van der Waals surface area contributed by atoms with Gasteiger partial charge in [0.05, 0.1) is 6.04 Å². The predicted molar refractivity (Wildman–Crippen MR) is 145 cm³/mol. The van der Waals surface area contributed by atoms with Crippen LogP contribution in [0.25, 0.3) is 0 Å². The summed E-state index contributed by atoms with van der Waals surface area (Å²) in [4.78, 5) is 54.0. The van der Waals surface area contributed by atoms with Crippen molar-refractivity contribution >= 4 is 42.3 Å². The summed E-state index contributed by atoms with van der Waals surface area (Å²) in [6, 6.07) is 5.05. The second-order valence-electron chi connectivity index (χ2n) is 8.76. The standard InChI is InChI=1S/C24H39N7O5S/c1-3-14(2)19(22(34)29-17(23(35)36)10-7-11-28-24(26)27)31-21(33)18(13-37)30-20(32)16(25)12-15-8-5-4-6-9-15/h4-6,8-9,14,16-19,37H,3,7,10-13,25H2,1-2H3,(H,29,34)(H,30,32)(H,31,33)(H,35,36)(H4,26,27,28). The first-order chi connectivity index (χ1) is 17.5. The molecule has 1 aromatic rings. The fourth-order valence-electron chi connectivity index (χ4n) is 3.41. The maximum absolute atomic E-state index is 13.0. The van der Waals surface area contributed by atoms with E-state index < -0.39 is 47.9 Å². The highest BCUT2D eigenvalue weighted by Crippen LogP contribution is 2.10. The summed E-state index contributed by atoms with van der Waals surface area (Å²) < 4.78 is 0. The number of benzene rings is 1. The Morgan fingerprint density at radius 1 is 1.00 bits per heavy atom. The lowest BCUT2D eigenvalue weighted by molar-refractivity contribution is -0.142. The van der Waals surface area contributed by atoms with Crippen LogP contribution >= 0.6 is 12.6 Å². The van der Waals surface area contributed by atoms with Gasteiger partial charge in [-0.05, 0) is 30.7 Å². The van der Waals surface area contributed by atoms with E-state index in [0.717, 1.165) is 5.56 Å². The van der Waals surface area contributed by atoms with Crippen LogP contribution in [0.2, 0.25) is 0 Å². The molecule has 0 spiro atoms. The fraction of sp³-hybridized carbons (Fsp3) is 0.542. The molecule has 0 heterocycles. The van der Waals surface area contributed by atoms with E-state index in [2.05, 4.69) is 33.6 Å². The van der Waals surface area contributed by atoms with Gasteiger partial charge in [0.15, 0.2) is 5.96 Å². The zero-order valence-electron chi connectivity index (χ0n) is 21.2. The summed E-state index contributed by atoms with van der Waals surface area (Å²) in [6.45, 7) is 3.80. The largest absolute Gasteiger partial charge is 0.480 e. The molecule has 206 valence electrons. The van der Waals surface area contributed by atoms with Gasteiger partial charge in [-0.3, -0.25) is 19.4 Å². The van der Waals surface area contributed by atoms with Crippen molar-refractivity contribution in [2.75, 3.05) is 12.3 Å². The lowest BCUT2D eigenvalue weighted by Gasteiger charge is -2.27. The number of carboxylic acid groups (broad SMARTS) is 1. The van der Waals surface area contributed by atoms with Gasteiger partial charge in [0.2, 0.25) is 17.7 Å². The second-order valence-corrected chi connectivity index (χ2v) is 9.13. The summed E-state index contributed by atoms with van der Waals surface area (Å²) in [7, 11) is 0. The van der Waals surface area contributed by atoms with Gasteiger partial charge in [-0.2, -0.15) is 12.6 Å². The summed E-state index contributed by atoms with van der Waals surface area (Å²) in [5.41, 5.74) is 17.4. The molecule has 3 amide bonds. The van der Waals surface area contributed by atoms with Gasteiger partial charge in [-0.1, -0.05) is 50.6 Å². The van der Waals surface area contributed by atoms with Gasteiger partial charge in [0, 0.05) is 12.3 Å². The van der Waals surface area contributed by atoms with Gasteiger partial charge in [-0.25, -0.2) is 4.79 Å². The molecule has 0 radical (unpaired) electrons. The summed E-state index contributed by atoms with van der Waals surface area (Å²) >= 11 is 4.17. The third-order valence-corrected chi connectivity index (χ3v) is 6.17. The van der Waals surface area contributed by atoms with Crippen LogP contribution in [0.1, 0.15) is 38.7 Å². The van der Waals surface area contributed by atoms with E-state index in [1.54, 1.807) is 6.92 Å². The Hall–Kier alpha value is -3.32. The number of amides is 3. The highest BCUT2D eigenvalue weighted by molar-refractivity contribution is 7.80. The third-order valence-electron chi connectivity index (χ3n) is 5.80. The molecule has 0 bridgehead atoms. The zero-order chi connectivity index (χ0) is 28.0. The summed E-state index contributed by atoms with van der Waals surface area (Å²) in [5, 5.41) is 17.2. The molecule has 10 N–H and O–H groups in total. The van der Waals surface area contributed by atoms with Crippen molar-refractivity contribution in [3.05, 3.63) is 35.9 Å². The Bertz CT molecular complexity index is 927. The number of guanidine groups is 1. The van der Waals surface area contributed by atoms with Gasteiger partial charge < -0.3 is 38.3 Å². The Kier molecular flexibility index (Phi) is 14.1. The number of carboxylic acids is 1. The van der Waals surface area contributed by atoms with E-state index in [-0.39, 0.29) is 37.0 Å². The number of rotatable bonds is 16. The highest BCUT2D eigenvalue weighted by Gasteiger charge is 2.32. The molecule has 0 aliphatic heterocycles. The van der Waals surface area contributed by atoms with Crippen molar-refractivity contribution in [2.24, 2.45) is 28.1 Å². The number of nitrogens with two attached hydrogens (primary N) is 3. The maximum atomic E-state index is 13.0. The zero-order valence-corrected chi connectivity index (χ0v) is 22.1. The highest BCUT2D eigenvalue weighted by atomic mass is 32.1. The van der Waals surface area contributed by atoms with Crippen molar-refractivity contribution in [2.45, 2.75) is 63.7 Å². The minimum atomic E-state index is -1.22. The third kappa shape index (κ3) is 11.5. The first-order valence-corrected chi connectivity index (χ1v) is 12.7. The Morgan fingerprint density at radius 2 is 1.62 bits per heavy atom. The number of aliphatic imine (C=N–C) groups is 1. The molecule has 0 fully saturated rings. The van der Waals surface area contributed by atoms with Gasteiger partial charge in [0.1, 0.15) is 18.1 Å². The first kappa shape index (κ1) is 31.7. The van der Waals surface area contributed by atoms with E-state index in [4.69, 9.17) is 17.2 Å². The Labute approximate surface area is 222 Å². The molecule has 1 rings (SSSR count). The minimum absolute atomic E-state index is 0.0347. The summed E-state index contributed by atoms with van der Waals surface area (Å²) in [5.74, 6) is -3.50. The number of thiol groups is 1. The lowest BCUT2D eigenvalue weighted by atomic mass is 9.97. The number of carbonyl (C=O) groups is 4. The average Bonchev–Trinajstić information content (AvgIpc) is 2.86. The fourth-order valence-corrected chi connectivity index (χ4v) is 3.67. The molecule has 1 aromatic carbocycles. The van der Waals surface area contributed by atoms with E-state index in [0.29, 0.717) is 12.8 Å². The lowest BCUT2D eigenvalue weighted by Crippen LogP contribution is -2.59. The number of aliphatic carboxylic acids is 1. The van der Waals surface area contributed by atoms with E-state index in [1.165, 1.54) is 0 Å². The number of nitrogens with zero attached hydrogens (tertiary/aromatic N) is 1. The molecule has 0 saturated heterocycles. The van der Waals surface area contributed by atoms with Crippen molar-refractivity contribution in [3.63, 3.8) is 0 Å². The van der Waals surface area contributed by atoms with E-state index >= 15 is 0 Å². The topological polar surface area (TPSA) is 215 Å².